The van der Waals surface area contributed by atoms with Crippen LogP contribution in [-0.2, 0) is 47.5 Å². The van der Waals surface area contributed by atoms with E-state index in [1.807, 2.05) is 0 Å². The number of carbonyl (C=O) groups is 3. The third-order valence-electron chi connectivity index (χ3n) is 3.16. The molecule has 0 bridgehead atoms. The number of ether oxygens (including phenoxy) is 7. The largest absolute Gasteiger partial charge is 0.469 e. The molecule has 0 aliphatic heterocycles. The van der Waals surface area contributed by atoms with Crippen LogP contribution in [0.1, 0.15) is 19.8 Å². The minimum absolute atomic E-state index is 0.300. The van der Waals surface area contributed by atoms with Crippen molar-refractivity contribution in [2.24, 2.45) is 5.92 Å². The van der Waals surface area contributed by atoms with E-state index in [9.17, 15) is 14.4 Å². The van der Waals surface area contributed by atoms with Gasteiger partial charge < -0.3 is 33.2 Å². The minimum atomic E-state index is -0.551. The molecule has 0 fully saturated rings. The minimum Gasteiger partial charge on any atom is -0.469 e. The number of carbonyl (C=O) groups excluding carboxylic acids is 3. The number of hydrogen-bond acceptors (Lipinski definition) is 10. The van der Waals surface area contributed by atoms with Crippen molar-refractivity contribution in [3.8, 4) is 0 Å². The van der Waals surface area contributed by atoms with E-state index in [0.717, 1.165) is 0 Å². The summed E-state index contributed by atoms with van der Waals surface area (Å²) >= 11 is 0. The van der Waals surface area contributed by atoms with Gasteiger partial charge in [0.25, 0.3) is 0 Å². The second-order valence-corrected chi connectivity index (χ2v) is 4.85. The standard InChI is InChI=1S/C11H22O6.C5H8O4/c1-13-9(14-2)6-8(11(12)17-5)7-10(15-3)16-4;1-4(6)9-3-5(7)8-2/h8-10H,6-7H2,1-5H3;3H2,1-2H3. The van der Waals surface area contributed by atoms with Crippen LogP contribution in [0.15, 0.2) is 0 Å². The molecule has 0 saturated carbocycles. The van der Waals surface area contributed by atoms with Crippen molar-refractivity contribution in [1.29, 1.82) is 0 Å². The first-order chi connectivity index (χ1) is 12.3. The number of hydrogen-bond donors (Lipinski definition) is 0. The quantitative estimate of drug-likeness (QED) is 0.284. The van der Waals surface area contributed by atoms with Gasteiger partial charge in [0, 0.05) is 48.2 Å². The van der Waals surface area contributed by atoms with Gasteiger partial charge in [-0.1, -0.05) is 0 Å². The summed E-state index contributed by atoms with van der Waals surface area (Å²) in [7, 11) is 8.66. The first-order valence-electron chi connectivity index (χ1n) is 7.68. The van der Waals surface area contributed by atoms with Gasteiger partial charge in [0.2, 0.25) is 0 Å². The maximum absolute atomic E-state index is 11.6. The average molecular weight is 382 g/mol. The van der Waals surface area contributed by atoms with Crippen LogP contribution in [0, 0.1) is 5.92 Å². The van der Waals surface area contributed by atoms with Gasteiger partial charge in [-0.15, -0.1) is 0 Å². The summed E-state index contributed by atoms with van der Waals surface area (Å²) in [5, 5.41) is 0. The zero-order chi connectivity index (χ0) is 20.5. The van der Waals surface area contributed by atoms with Crippen LogP contribution in [0.25, 0.3) is 0 Å². The lowest BCUT2D eigenvalue weighted by Gasteiger charge is -2.22. The van der Waals surface area contributed by atoms with Crippen molar-refractivity contribution in [3.05, 3.63) is 0 Å². The Bertz CT molecular complexity index is 376. The highest BCUT2D eigenvalue weighted by atomic mass is 16.7. The highest BCUT2D eigenvalue weighted by Crippen LogP contribution is 2.19. The molecule has 0 spiro atoms. The SMILES string of the molecule is COC(=O)C(CC(OC)OC)CC(OC)OC.COC(=O)COC(C)=O. The second kappa shape index (κ2) is 16.7. The Labute approximate surface area is 153 Å². The summed E-state index contributed by atoms with van der Waals surface area (Å²) in [5.74, 6) is -1.76. The third-order valence-corrected chi connectivity index (χ3v) is 3.16. The molecule has 0 heterocycles. The molecule has 0 atom stereocenters. The molecule has 0 N–H and O–H groups in total. The number of methoxy groups -OCH3 is 6. The first kappa shape index (κ1) is 26.5. The molecule has 154 valence electrons. The summed E-state index contributed by atoms with van der Waals surface area (Å²) in [5.41, 5.74) is 0. The molecule has 0 aromatic heterocycles. The molecule has 26 heavy (non-hydrogen) atoms. The van der Waals surface area contributed by atoms with E-state index in [1.54, 1.807) is 0 Å². The summed E-state index contributed by atoms with van der Waals surface area (Å²) < 4.78 is 33.4. The van der Waals surface area contributed by atoms with Crippen LogP contribution in [0.4, 0.5) is 0 Å². The Morgan fingerprint density at radius 1 is 0.731 bits per heavy atom. The van der Waals surface area contributed by atoms with E-state index >= 15 is 0 Å². The Morgan fingerprint density at radius 2 is 1.15 bits per heavy atom. The van der Waals surface area contributed by atoms with Gasteiger partial charge in [-0.05, 0) is 0 Å². The second-order valence-electron chi connectivity index (χ2n) is 4.85. The molecule has 0 aromatic carbocycles. The fourth-order valence-electron chi connectivity index (χ4n) is 1.72. The lowest BCUT2D eigenvalue weighted by atomic mass is 10.0. The Hall–Kier alpha value is -1.75. The van der Waals surface area contributed by atoms with Crippen molar-refractivity contribution in [1.82, 2.24) is 0 Å². The van der Waals surface area contributed by atoms with E-state index < -0.39 is 30.4 Å². The fourth-order valence-corrected chi connectivity index (χ4v) is 1.72. The van der Waals surface area contributed by atoms with Crippen LogP contribution in [0.5, 0.6) is 0 Å². The summed E-state index contributed by atoms with van der Waals surface area (Å²) in [6.07, 6.45) is -0.117. The predicted molar refractivity (Wildman–Crippen MR) is 89.0 cm³/mol. The van der Waals surface area contributed by atoms with Crippen molar-refractivity contribution >= 4 is 17.9 Å². The fraction of sp³-hybridized carbons (Fsp3) is 0.812. The Balaban J connectivity index is 0. The van der Waals surface area contributed by atoms with Gasteiger partial charge in [0.05, 0.1) is 20.1 Å². The highest BCUT2D eigenvalue weighted by molar-refractivity contribution is 5.75. The van der Waals surface area contributed by atoms with E-state index in [1.165, 1.54) is 49.6 Å². The van der Waals surface area contributed by atoms with E-state index in [-0.39, 0.29) is 12.6 Å². The number of rotatable bonds is 11. The molecule has 0 aliphatic rings. The van der Waals surface area contributed by atoms with Gasteiger partial charge in [-0.2, -0.15) is 0 Å². The van der Waals surface area contributed by atoms with Crippen LogP contribution in [0.2, 0.25) is 0 Å². The van der Waals surface area contributed by atoms with Crippen LogP contribution in [0.3, 0.4) is 0 Å². The normalized spacial score (nSPS) is 10.4. The zero-order valence-electron chi connectivity index (χ0n) is 16.4. The monoisotopic (exact) mass is 382 g/mol. The molecule has 10 nitrogen and oxygen atoms in total. The third kappa shape index (κ3) is 13.5. The highest BCUT2D eigenvalue weighted by Gasteiger charge is 2.27. The number of esters is 3. The summed E-state index contributed by atoms with van der Waals surface area (Å²) in [6.45, 7) is 0.925. The van der Waals surface area contributed by atoms with Crippen molar-refractivity contribution in [3.63, 3.8) is 0 Å². The molecule has 0 unspecified atom stereocenters. The molecule has 0 radical (unpaired) electrons. The van der Waals surface area contributed by atoms with Crippen LogP contribution in [-0.4, -0.2) is 79.8 Å². The van der Waals surface area contributed by atoms with Crippen molar-refractivity contribution in [2.45, 2.75) is 32.3 Å². The van der Waals surface area contributed by atoms with Gasteiger partial charge in [-0.3, -0.25) is 9.59 Å². The average Bonchev–Trinajstić information content (AvgIpc) is 2.66. The topological polar surface area (TPSA) is 116 Å². The molecule has 0 amide bonds. The Morgan fingerprint density at radius 3 is 1.42 bits per heavy atom. The molecule has 0 rings (SSSR count). The van der Waals surface area contributed by atoms with E-state index in [2.05, 4.69) is 9.47 Å². The first-order valence-corrected chi connectivity index (χ1v) is 7.68. The van der Waals surface area contributed by atoms with Crippen LogP contribution < -0.4 is 0 Å². The molecule has 0 saturated heterocycles. The lowest BCUT2D eigenvalue weighted by molar-refractivity contribution is -0.165. The van der Waals surface area contributed by atoms with Gasteiger partial charge >= 0.3 is 17.9 Å². The smallest absolute Gasteiger partial charge is 0.344 e. The summed E-state index contributed by atoms with van der Waals surface area (Å²) in [6, 6.07) is 0. The lowest BCUT2D eigenvalue weighted by Crippen LogP contribution is -2.29. The molecular weight excluding hydrogens is 352 g/mol. The maximum Gasteiger partial charge on any atom is 0.344 e. The van der Waals surface area contributed by atoms with Gasteiger partial charge in [0.1, 0.15) is 0 Å². The van der Waals surface area contributed by atoms with Gasteiger partial charge in [-0.25, -0.2) is 4.79 Å². The van der Waals surface area contributed by atoms with Crippen molar-refractivity contribution < 1.29 is 47.5 Å². The molecule has 10 heteroatoms. The predicted octanol–water partition coefficient (Wildman–Crippen LogP) is 0.516. The van der Waals surface area contributed by atoms with Crippen molar-refractivity contribution in [2.75, 3.05) is 49.3 Å². The van der Waals surface area contributed by atoms with Crippen LogP contribution >= 0.6 is 0 Å². The molecule has 0 aromatic rings. The summed E-state index contributed by atoms with van der Waals surface area (Å²) in [4.78, 5) is 31.9. The Kier molecular flexibility index (Phi) is 17.0. The maximum atomic E-state index is 11.6. The molecular formula is C16H30O10. The van der Waals surface area contributed by atoms with E-state index in [0.29, 0.717) is 12.8 Å². The zero-order valence-corrected chi connectivity index (χ0v) is 16.4. The van der Waals surface area contributed by atoms with E-state index in [4.69, 9.17) is 23.7 Å². The van der Waals surface area contributed by atoms with Gasteiger partial charge in [0.15, 0.2) is 19.2 Å². The molecule has 0 aliphatic carbocycles.